The number of aromatic nitrogens is 1. The predicted molar refractivity (Wildman–Crippen MR) is 125 cm³/mol. The van der Waals surface area contributed by atoms with E-state index < -0.39 is 10.0 Å². The number of sulfonamides is 1. The van der Waals surface area contributed by atoms with Crippen molar-refractivity contribution in [3.63, 3.8) is 0 Å². The van der Waals surface area contributed by atoms with Gasteiger partial charge in [0.2, 0.25) is 21.8 Å². The van der Waals surface area contributed by atoms with E-state index in [2.05, 4.69) is 26.2 Å². The number of halogens is 1. The van der Waals surface area contributed by atoms with Gasteiger partial charge < -0.3 is 10.2 Å². The van der Waals surface area contributed by atoms with Gasteiger partial charge in [0.1, 0.15) is 5.82 Å². The summed E-state index contributed by atoms with van der Waals surface area (Å²) in [6.07, 6.45) is 1.56. The van der Waals surface area contributed by atoms with Gasteiger partial charge in [-0.05, 0) is 71.9 Å². The van der Waals surface area contributed by atoms with Crippen LogP contribution in [0.2, 0.25) is 0 Å². The first kappa shape index (κ1) is 22.9. The molecule has 0 aliphatic carbocycles. The number of piperidine rings is 1. The Bertz CT molecular complexity index is 1180. The number of nitrogens with one attached hydrogen (secondary N) is 1. The van der Waals surface area contributed by atoms with Gasteiger partial charge in [-0.2, -0.15) is 4.31 Å². The van der Waals surface area contributed by atoms with Gasteiger partial charge in [0.25, 0.3) is 0 Å². The van der Waals surface area contributed by atoms with Crippen molar-refractivity contribution in [3.05, 3.63) is 46.1 Å². The summed E-state index contributed by atoms with van der Waals surface area (Å²) in [6.45, 7) is 4.39. The lowest BCUT2D eigenvalue weighted by Gasteiger charge is -2.31. The SMILES string of the molecule is CC(=O)N1CCc2cc(Br)c(S(=O)(=O)N3CCC(C(=O)Nc4cccc(C)n4)CC3)cc21. The van der Waals surface area contributed by atoms with Gasteiger partial charge in [-0.1, -0.05) is 6.07 Å². The molecule has 0 spiro atoms. The molecule has 4 rings (SSSR count). The van der Waals surface area contributed by atoms with Crippen LogP contribution < -0.4 is 10.2 Å². The lowest BCUT2D eigenvalue weighted by molar-refractivity contribution is -0.121. The Labute approximate surface area is 196 Å². The Morgan fingerprint density at radius 3 is 2.53 bits per heavy atom. The number of carbonyl (C=O) groups excluding carboxylic acids is 2. The normalized spacial score (nSPS) is 17.3. The van der Waals surface area contributed by atoms with E-state index in [1.807, 2.05) is 19.1 Å². The Morgan fingerprint density at radius 2 is 1.88 bits per heavy atom. The zero-order chi connectivity index (χ0) is 23.0. The second-order valence-corrected chi connectivity index (χ2v) is 10.9. The van der Waals surface area contributed by atoms with Gasteiger partial charge in [-0.3, -0.25) is 9.59 Å². The fraction of sp³-hybridized carbons (Fsp3) is 0.409. The summed E-state index contributed by atoms with van der Waals surface area (Å²) in [5.41, 5.74) is 2.41. The number of anilines is 2. The topological polar surface area (TPSA) is 99.7 Å². The van der Waals surface area contributed by atoms with Crippen molar-refractivity contribution in [1.29, 1.82) is 0 Å². The van der Waals surface area contributed by atoms with Crippen LogP contribution in [0.4, 0.5) is 11.5 Å². The van der Waals surface area contributed by atoms with Crippen LogP contribution in [-0.4, -0.2) is 49.2 Å². The molecule has 1 N–H and O–H groups in total. The van der Waals surface area contributed by atoms with E-state index in [0.717, 1.165) is 11.3 Å². The Kier molecular flexibility index (Phi) is 6.37. The second-order valence-electron chi connectivity index (χ2n) is 8.16. The minimum absolute atomic E-state index is 0.107. The summed E-state index contributed by atoms with van der Waals surface area (Å²) in [5, 5.41) is 2.83. The highest BCUT2D eigenvalue weighted by Gasteiger charge is 2.35. The fourth-order valence-electron chi connectivity index (χ4n) is 4.25. The molecule has 0 radical (unpaired) electrons. The van der Waals surface area contributed by atoms with Crippen LogP contribution in [0.25, 0.3) is 0 Å². The van der Waals surface area contributed by atoms with E-state index >= 15 is 0 Å². The number of benzene rings is 1. The maximum atomic E-state index is 13.4. The third-order valence-electron chi connectivity index (χ3n) is 5.99. The van der Waals surface area contributed by atoms with Crippen molar-refractivity contribution in [3.8, 4) is 0 Å². The van der Waals surface area contributed by atoms with E-state index in [9.17, 15) is 18.0 Å². The molecule has 1 aromatic heterocycles. The zero-order valence-electron chi connectivity index (χ0n) is 18.0. The average molecular weight is 521 g/mol. The van der Waals surface area contributed by atoms with Gasteiger partial charge in [-0.25, -0.2) is 13.4 Å². The first-order valence-electron chi connectivity index (χ1n) is 10.5. The van der Waals surface area contributed by atoms with Crippen molar-refractivity contribution >= 4 is 49.3 Å². The molecule has 2 aliphatic rings. The molecule has 1 fully saturated rings. The first-order valence-corrected chi connectivity index (χ1v) is 12.8. The monoisotopic (exact) mass is 520 g/mol. The summed E-state index contributed by atoms with van der Waals surface area (Å²) in [6, 6.07) is 8.80. The molecule has 10 heteroatoms. The van der Waals surface area contributed by atoms with Crippen molar-refractivity contribution in [2.24, 2.45) is 5.92 Å². The lowest BCUT2D eigenvalue weighted by Crippen LogP contribution is -2.41. The van der Waals surface area contributed by atoms with E-state index in [0.29, 0.717) is 41.8 Å². The van der Waals surface area contributed by atoms with Crippen LogP contribution in [0.15, 0.2) is 39.7 Å². The van der Waals surface area contributed by atoms with E-state index in [-0.39, 0.29) is 35.7 Å². The predicted octanol–water partition coefficient (Wildman–Crippen LogP) is 3.10. The molecule has 170 valence electrons. The molecule has 1 saturated heterocycles. The van der Waals surface area contributed by atoms with Crippen LogP contribution in [0.5, 0.6) is 0 Å². The van der Waals surface area contributed by atoms with E-state index in [1.165, 1.54) is 11.2 Å². The number of amides is 2. The number of aryl methyl sites for hydroxylation is 1. The number of carbonyl (C=O) groups is 2. The molecule has 3 heterocycles. The van der Waals surface area contributed by atoms with E-state index in [4.69, 9.17) is 0 Å². The molecular formula is C22H25BrN4O4S. The maximum Gasteiger partial charge on any atom is 0.244 e. The minimum atomic E-state index is -3.77. The summed E-state index contributed by atoms with van der Waals surface area (Å²) < 4.78 is 28.7. The highest BCUT2D eigenvalue weighted by Crippen LogP contribution is 2.37. The Hall–Kier alpha value is -2.30. The third-order valence-corrected chi connectivity index (χ3v) is 8.85. The molecule has 8 nitrogen and oxygen atoms in total. The highest BCUT2D eigenvalue weighted by molar-refractivity contribution is 9.10. The third kappa shape index (κ3) is 4.44. The average Bonchev–Trinajstić information content (AvgIpc) is 3.16. The van der Waals surface area contributed by atoms with Crippen molar-refractivity contribution < 1.29 is 18.0 Å². The van der Waals surface area contributed by atoms with Crippen LogP contribution in [-0.2, 0) is 26.0 Å². The highest BCUT2D eigenvalue weighted by atomic mass is 79.9. The van der Waals surface area contributed by atoms with Crippen molar-refractivity contribution in [1.82, 2.24) is 9.29 Å². The van der Waals surface area contributed by atoms with E-state index in [1.54, 1.807) is 23.1 Å². The molecule has 0 saturated carbocycles. The van der Waals surface area contributed by atoms with Crippen LogP contribution >= 0.6 is 15.9 Å². The number of pyridine rings is 1. The maximum absolute atomic E-state index is 13.4. The molecule has 32 heavy (non-hydrogen) atoms. The Balaban J connectivity index is 1.47. The summed E-state index contributed by atoms with van der Waals surface area (Å²) >= 11 is 3.41. The summed E-state index contributed by atoms with van der Waals surface area (Å²) in [4.78, 5) is 30.6. The molecule has 0 atom stereocenters. The molecule has 0 unspecified atom stereocenters. The molecule has 0 bridgehead atoms. The number of nitrogens with zero attached hydrogens (tertiary/aromatic N) is 3. The molecule has 2 amide bonds. The smallest absolute Gasteiger partial charge is 0.244 e. The number of hydrogen-bond acceptors (Lipinski definition) is 5. The number of fused-ring (bicyclic) bond motifs is 1. The van der Waals surface area contributed by atoms with Gasteiger partial charge in [0.15, 0.2) is 0 Å². The lowest BCUT2D eigenvalue weighted by atomic mass is 9.97. The minimum Gasteiger partial charge on any atom is -0.312 e. The first-order chi connectivity index (χ1) is 15.2. The quantitative estimate of drug-likeness (QED) is 0.667. The van der Waals surface area contributed by atoms with Gasteiger partial charge in [-0.15, -0.1) is 0 Å². The van der Waals surface area contributed by atoms with Crippen molar-refractivity contribution in [2.45, 2.75) is 38.0 Å². The van der Waals surface area contributed by atoms with Crippen molar-refractivity contribution in [2.75, 3.05) is 29.9 Å². The summed E-state index contributed by atoms with van der Waals surface area (Å²) in [7, 11) is -3.77. The molecule has 2 aliphatic heterocycles. The van der Waals surface area contributed by atoms with Crippen LogP contribution in [0.3, 0.4) is 0 Å². The zero-order valence-corrected chi connectivity index (χ0v) is 20.4. The van der Waals surface area contributed by atoms with Gasteiger partial charge in [0, 0.05) is 48.3 Å². The number of rotatable bonds is 4. The Morgan fingerprint density at radius 1 is 1.16 bits per heavy atom. The number of hydrogen-bond donors (Lipinski definition) is 1. The van der Waals surface area contributed by atoms with Crippen LogP contribution in [0.1, 0.15) is 31.0 Å². The fourth-order valence-corrected chi connectivity index (χ4v) is 6.79. The van der Waals surface area contributed by atoms with Gasteiger partial charge in [0.05, 0.1) is 4.90 Å². The summed E-state index contributed by atoms with van der Waals surface area (Å²) in [5.74, 6) is -0.0251. The molecule has 2 aromatic rings. The van der Waals surface area contributed by atoms with Gasteiger partial charge >= 0.3 is 0 Å². The largest absolute Gasteiger partial charge is 0.312 e. The van der Waals surface area contributed by atoms with Crippen LogP contribution in [0, 0.1) is 12.8 Å². The second kappa shape index (κ2) is 8.92. The molecule has 1 aromatic carbocycles. The molecular weight excluding hydrogens is 496 g/mol. The standard InChI is InChI=1S/C22H25BrN4O4S/c1-14-4-3-5-21(24-14)25-22(29)16-6-9-26(10-7-16)32(30,31)20-13-19-17(12-18(20)23)8-11-27(19)15(2)28/h3-5,12-13,16H,6-11H2,1-2H3,(H,24,25,29).